The van der Waals surface area contributed by atoms with E-state index in [9.17, 15) is 9.59 Å². The Hall–Kier alpha value is -3.74. The molecule has 0 bridgehead atoms. The van der Waals surface area contributed by atoms with Gasteiger partial charge in [0.05, 0.1) is 11.6 Å². The second-order valence-corrected chi connectivity index (χ2v) is 7.58. The van der Waals surface area contributed by atoms with Crippen LogP contribution >= 0.6 is 0 Å². The lowest BCUT2D eigenvalue weighted by atomic mass is 9.72. The number of hydrogen-bond acceptors (Lipinski definition) is 5. The molecule has 1 saturated heterocycles. The first-order valence-electron chi connectivity index (χ1n) is 9.92. The third kappa shape index (κ3) is 2.58. The third-order valence-electron chi connectivity index (χ3n) is 6.09. The molecule has 2 aromatic carbocycles. The first kappa shape index (κ1) is 18.3. The Morgan fingerprint density at radius 2 is 1.80 bits per heavy atom. The monoisotopic (exact) mass is 399 g/mol. The molecule has 0 saturated carbocycles. The molecule has 0 aliphatic carbocycles. The van der Waals surface area contributed by atoms with E-state index in [2.05, 4.69) is 20.6 Å². The van der Waals surface area contributed by atoms with E-state index < -0.39 is 11.5 Å². The van der Waals surface area contributed by atoms with E-state index in [1.165, 1.54) is 12.4 Å². The average molecular weight is 399 g/mol. The van der Waals surface area contributed by atoms with Gasteiger partial charge in [0.1, 0.15) is 5.41 Å². The van der Waals surface area contributed by atoms with Crippen LogP contribution < -0.4 is 10.6 Å². The van der Waals surface area contributed by atoms with Gasteiger partial charge in [0.25, 0.3) is 5.91 Å². The number of nitrogens with one attached hydrogen (secondary N) is 2. The molecule has 150 valence electrons. The molecule has 7 nitrogen and oxygen atoms in total. The molecular formula is C23H21N5O2. The van der Waals surface area contributed by atoms with E-state index in [-0.39, 0.29) is 11.8 Å². The largest absolute Gasteiger partial charge is 0.357 e. The van der Waals surface area contributed by atoms with Gasteiger partial charge in [0.2, 0.25) is 11.9 Å². The first-order valence-corrected chi connectivity index (χ1v) is 9.92. The molecule has 2 atom stereocenters. The van der Waals surface area contributed by atoms with Crippen molar-refractivity contribution in [1.82, 2.24) is 14.9 Å². The molecular weight excluding hydrogens is 378 g/mol. The fraction of sp³-hybridized carbons (Fsp3) is 0.217. The topological polar surface area (TPSA) is 87.2 Å². The van der Waals surface area contributed by atoms with Gasteiger partial charge < -0.3 is 15.5 Å². The number of rotatable bonds is 3. The maximum Gasteiger partial charge on any atom is 0.257 e. The van der Waals surface area contributed by atoms with E-state index in [1.807, 2.05) is 54.6 Å². The van der Waals surface area contributed by atoms with Gasteiger partial charge in [0.15, 0.2) is 0 Å². The van der Waals surface area contributed by atoms with Gasteiger partial charge in [-0.2, -0.15) is 0 Å². The Morgan fingerprint density at radius 3 is 2.53 bits per heavy atom. The Labute approximate surface area is 174 Å². The van der Waals surface area contributed by atoms with Crippen LogP contribution in [0.25, 0.3) is 0 Å². The van der Waals surface area contributed by atoms with Crippen molar-refractivity contribution in [3.8, 4) is 0 Å². The van der Waals surface area contributed by atoms with Crippen molar-refractivity contribution in [2.75, 3.05) is 24.2 Å². The summed E-state index contributed by atoms with van der Waals surface area (Å²) in [4.78, 5) is 37.0. The van der Waals surface area contributed by atoms with Gasteiger partial charge in [-0.05, 0) is 23.6 Å². The second-order valence-electron chi connectivity index (χ2n) is 7.58. The molecule has 1 aromatic heterocycles. The van der Waals surface area contributed by atoms with E-state index in [0.717, 1.165) is 16.8 Å². The van der Waals surface area contributed by atoms with E-state index in [1.54, 1.807) is 11.9 Å². The maximum atomic E-state index is 13.5. The van der Waals surface area contributed by atoms with Crippen LogP contribution in [-0.4, -0.2) is 40.3 Å². The summed E-state index contributed by atoms with van der Waals surface area (Å²) in [6.45, 7) is 0.466. The lowest BCUT2D eigenvalue weighted by molar-refractivity contribution is -0.121. The molecule has 1 spiro atoms. The van der Waals surface area contributed by atoms with Crippen LogP contribution in [0.5, 0.6) is 0 Å². The van der Waals surface area contributed by atoms with Gasteiger partial charge in [-0.1, -0.05) is 48.5 Å². The number of benzene rings is 2. The number of anilines is 2. The van der Waals surface area contributed by atoms with Crippen molar-refractivity contribution in [2.24, 2.45) is 0 Å². The Morgan fingerprint density at radius 1 is 1.10 bits per heavy atom. The summed E-state index contributed by atoms with van der Waals surface area (Å²) in [6.07, 6.45) is 3.60. The summed E-state index contributed by atoms with van der Waals surface area (Å²) in [5.74, 6) is 0.211. The zero-order valence-corrected chi connectivity index (χ0v) is 16.5. The first-order chi connectivity index (χ1) is 14.6. The summed E-state index contributed by atoms with van der Waals surface area (Å²) in [5.41, 5.74) is 2.28. The molecule has 1 fully saturated rings. The molecule has 2 N–H and O–H groups in total. The summed E-state index contributed by atoms with van der Waals surface area (Å²) < 4.78 is 0. The Bertz CT molecular complexity index is 1120. The van der Waals surface area contributed by atoms with Crippen molar-refractivity contribution in [3.63, 3.8) is 0 Å². The number of likely N-dealkylation sites (tertiary alicyclic amines) is 1. The molecule has 2 unspecified atom stereocenters. The molecule has 3 aromatic rings. The molecule has 3 heterocycles. The van der Waals surface area contributed by atoms with Crippen LogP contribution in [0.15, 0.2) is 67.0 Å². The highest BCUT2D eigenvalue weighted by Crippen LogP contribution is 2.54. The van der Waals surface area contributed by atoms with Crippen molar-refractivity contribution in [1.29, 1.82) is 0 Å². The maximum absolute atomic E-state index is 13.5. The Kier molecular flexibility index (Phi) is 4.24. The van der Waals surface area contributed by atoms with Gasteiger partial charge in [-0.3, -0.25) is 9.59 Å². The predicted molar refractivity (Wildman–Crippen MR) is 113 cm³/mol. The van der Waals surface area contributed by atoms with Crippen molar-refractivity contribution < 1.29 is 9.59 Å². The molecule has 5 rings (SSSR count). The summed E-state index contributed by atoms with van der Waals surface area (Å²) >= 11 is 0. The quantitative estimate of drug-likeness (QED) is 0.707. The number of fused-ring (bicyclic) bond motifs is 2. The lowest BCUT2D eigenvalue weighted by Crippen LogP contribution is -2.42. The highest BCUT2D eigenvalue weighted by atomic mass is 16.2. The van der Waals surface area contributed by atoms with Crippen LogP contribution in [0.3, 0.4) is 0 Å². The van der Waals surface area contributed by atoms with E-state index >= 15 is 0 Å². The SMILES string of the molecule is CNc1ncc(C(=O)N2CCC3(C(=O)Nc4ccccc43)C2c2ccccc2)cn1. The standard InChI is InChI=1S/C23H21N5O2/c1-24-22-25-13-16(14-26-22)20(29)28-12-11-23(19(28)15-7-3-2-4-8-15)17-9-5-6-10-18(17)27-21(23)30/h2-10,13-14,19H,11-12H2,1H3,(H,27,30)(H,24,25,26). The summed E-state index contributed by atoms with van der Waals surface area (Å²) in [7, 11) is 1.72. The van der Waals surface area contributed by atoms with E-state index in [4.69, 9.17) is 0 Å². The van der Waals surface area contributed by atoms with Crippen LogP contribution in [0, 0.1) is 0 Å². The minimum atomic E-state index is -0.820. The second kappa shape index (κ2) is 6.95. The zero-order valence-electron chi connectivity index (χ0n) is 16.5. The van der Waals surface area contributed by atoms with Gasteiger partial charge in [-0.25, -0.2) is 9.97 Å². The molecule has 7 heteroatoms. The number of para-hydroxylation sites is 1. The summed E-state index contributed by atoms with van der Waals surface area (Å²) in [6, 6.07) is 17.1. The number of hydrogen-bond donors (Lipinski definition) is 2. The molecule has 2 aliphatic rings. The van der Waals surface area contributed by atoms with Gasteiger partial charge >= 0.3 is 0 Å². The summed E-state index contributed by atoms with van der Waals surface area (Å²) in [5, 5.41) is 5.89. The number of aromatic nitrogens is 2. The molecule has 30 heavy (non-hydrogen) atoms. The molecule has 2 aliphatic heterocycles. The smallest absolute Gasteiger partial charge is 0.257 e. The van der Waals surface area contributed by atoms with Crippen LogP contribution in [-0.2, 0) is 10.2 Å². The lowest BCUT2D eigenvalue weighted by Gasteiger charge is -2.34. The number of carbonyl (C=O) groups is 2. The van der Waals surface area contributed by atoms with Gasteiger partial charge in [-0.15, -0.1) is 0 Å². The van der Waals surface area contributed by atoms with Crippen LogP contribution in [0.4, 0.5) is 11.6 Å². The zero-order chi connectivity index (χ0) is 20.7. The minimum Gasteiger partial charge on any atom is -0.357 e. The third-order valence-corrected chi connectivity index (χ3v) is 6.09. The molecule has 2 amide bonds. The minimum absolute atomic E-state index is 0.0605. The fourth-order valence-electron chi connectivity index (χ4n) is 4.74. The van der Waals surface area contributed by atoms with Crippen molar-refractivity contribution in [2.45, 2.75) is 17.9 Å². The van der Waals surface area contributed by atoms with E-state index in [0.29, 0.717) is 24.5 Å². The van der Waals surface area contributed by atoms with Crippen LogP contribution in [0.1, 0.15) is 33.9 Å². The highest BCUT2D eigenvalue weighted by Gasteiger charge is 2.59. The van der Waals surface area contributed by atoms with Crippen LogP contribution in [0.2, 0.25) is 0 Å². The van der Waals surface area contributed by atoms with Crippen molar-refractivity contribution >= 4 is 23.5 Å². The number of carbonyl (C=O) groups excluding carboxylic acids is 2. The van der Waals surface area contributed by atoms with Gasteiger partial charge in [0, 0.05) is 31.7 Å². The fourth-order valence-corrected chi connectivity index (χ4v) is 4.74. The number of amides is 2. The average Bonchev–Trinajstić information content (AvgIpc) is 3.33. The number of nitrogens with zero attached hydrogens (tertiary/aromatic N) is 3. The Balaban J connectivity index is 1.63. The molecule has 0 radical (unpaired) electrons. The highest BCUT2D eigenvalue weighted by molar-refractivity contribution is 6.08. The predicted octanol–water partition coefficient (Wildman–Crippen LogP) is 3.00. The normalized spacial score (nSPS) is 22.1. The van der Waals surface area contributed by atoms with Crippen molar-refractivity contribution in [3.05, 3.63) is 83.7 Å².